The summed E-state index contributed by atoms with van der Waals surface area (Å²) in [5.74, 6) is -2.15. The van der Waals surface area contributed by atoms with E-state index in [2.05, 4.69) is 0 Å². The number of aromatic carboxylic acids is 1. The molecule has 0 spiro atoms. The molecule has 2 aromatic rings. The fourth-order valence-corrected chi connectivity index (χ4v) is 1.92. The summed E-state index contributed by atoms with van der Waals surface area (Å²) < 4.78 is 2.24. The lowest BCUT2D eigenvalue weighted by Gasteiger charge is -2.23. The van der Waals surface area contributed by atoms with Crippen molar-refractivity contribution >= 4 is 11.9 Å². The summed E-state index contributed by atoms with van der Waals surface area (Å²) in [6, 6.07) is 13.1. The molecular weight excluding hydrogens is 308 g/mol. The number of aliphatic carboxylic acids is 1. The predicted molar refractivity (Wildman–Crippen MR) is 84.4 cm³/mol. The smallest absolute Gasteiger partial charge is 0.178 e. The fraction of sp³-hybridized carbons (Fsp3) is 0.278. The van der Waals surface area contributed by atoms with Gasteiger partial charge in [0.2, 0.25) is 0 Å². The molecule has 1 aromatic carbocycles. The van der Waals surface area contributed by atoms with Crippen molar-refractivity contribution in [3.63, 3.8) is 0 Å². The molecule has 0 saturated carbocycles. The average molecular weight is 330 g/mol. The van der Waals surface area contributed by atoms with Crippen molar-refractivity contribution in [1.82, 2.24) is 0 Å². The molecule has 6 heteroatoms. The molecule has 0 radical (unpaired) electrons. The van der Waals surface area contributed by atoms with Gasteiger partial charge in [0, 0.05) is 11.6 Å². The molecule has 0 amide bonds. The summed E-state index contributed by atoms with van der Waals surface area (Å²) in [4.78, 5) is 20.6. The Morgan fingerprint density at radius 2 is 1.62 bits per heavy atom. The third-order valence-corrected chi connectivity index (χ3v) is 2.91. The highest BCUT2D eigenvalue weighted by Gasteiger charge is 2.05. The summed E-state index contributed by atoms with van der Waals surface area (Å²) >= 11 is 0. The molecule has 128 valence electrons. The Kier molecular flexibility index (Phi) is 7.07. The van der Waals surface area contributed by atoms with Gasteiger partial charge in [-0.3, -0.25) is 0 Å². The van der Waals surface area contributed by atoms with Crippen molar-refractivity contribution in [3.05, 3.63) is 66.0 Å². The van der Waals surface area contributed by atoms with Gasteiger partial charge in [-0.1, -0.05) is 30.3 Å². The minimum atomic E-state index is -1.15. The number of aromatic nitrogens is 1. The predicted octanol–water partition coefficient (Wildman–Crippen LogP) is -1.17. The lowest BCUT2D eigenvalue weighted by atomic mass is 10.2. The first kappa shape index (κ1) is 19.3. The van der Waals surface area contributed by atoms with Gasteiger partial charge in [-0.15, -0.1) is 0 Å². The maximum Gasteiger partial charge on any atom is 0.178 e. The molecule has 6 nitrogen and oxygen atoms in total. The van der Waals surface area contributed by atoms with Gasteiger partial charge >= 0.3 is 0 Å². The number of pyridine rings is 1. The zero-order chi connectivity index (χ0) is 18.2. The van der Waals surface area contributed by atoms with Gasteiger partial charge in [-0.05, 0) is 6.07 Å². The number of hydrogen-bond acceptors (Lipinski definition) is 4. The second-order valence-corrected chi connectivity index (χ2v) is 6.36. The maximum absolute atomic E-state index is 10.7. The van der Waals surface area contributed by atoms with Crippen LogP contribution < -0.4 is 14.8 Å². The van der Waals surface area contributed by atoms with Crippen molar-refractivity contribution in [1.29, 1.82) is 0 Å². The molecule has 0 aliphatic carbocycles. The van der Waals surface area contributed by atoms with Crippen LogP contribution in [0.25, 0.3) is 0 Å². The number of quaternary nitrogens is 1. The molecule has 0 N–H and O–H groups in total. The van der Waals surface area contributed by atoms with Crippen molar-refractivity contribution in [2.24, 2.45) is 0 Å². The van der Waals surface area contributed by atoms with E-state index in [1.807, 2.05) is 41.1 Å². The van der Waals surface area contributed by atoms with Gasteiger partial charge in [0.25, 0.3) is 0 Å². The maximum atomic E-state index is 10.7. The number of nitrogens with zero attached hydrogens (tertiary/aromatic N) is 2. The van der Waals surface area contributed by atoms with Gasteiger partial charge in [-0.2, -0.15) is 0 Å². The summed E-state index contributed by atoms with van der Waals surface area (Å²) in [7, 11) is 5.40. The van der Waals surface area contributed by atoms with Gasteiger partial charge < -0.3 is 24.3 Å². The minimum absolute atomic E-state index is 0.0694. The van der Waals surface area contributed by atoms with Crippen molar-refractivity contribution in [2.45, 2.75) is 6.54 Å². The van der Waals surface area contributed by atoms with E-state index in [1.165, 1.54) is 6.07 Å². The van der Waals surface area contributed by atoms with Crippen molar-refractivity contribution in [2.75, 3.05) is 27.7 Å². The third-order valence-electron chi connectivity index (χ3n) is 2.91. The zero-order valence-corrected chi connectivity index (χ0v) is 14.1. The van der Waals surface area contributed by atoms with Crippen LogP contribution in [-0.2, 0) is 11.3 Å². The number of benzene rings is 1. The lowest BCUT2D eigenvalue weighted by molar-refractivity contribution is -0.864. The molecule has 1 aromatic heterocycles. The number of carboxylic acid groups (broad SMARTS) is 2. The first-order valence-electron chi connectivity index (χ1n) is 7.42. The van der Waals surface area contributed by atoms with E-state index in [0.717, 1.165) is 5.56 Å². The molecule has 24 heavy (non-hydrogen) atoms. The van der Waals surface area contributed by atoms with Gasteiger partial charge in [0.15, 0.2) is 18.9 Å². The zero-order valence-electron chi connectivity index (χ0n) is 14.1. The van der Waals surface area contributed by atoms with Crippen molar-refractivity contribution < 1.29 is 28.9 Å². The van der Waals surface area contributed by atoms with Crippen LogP contribution in [0.4, 0.5) is 0 Å². The van der Waals surface area contributed by atoms with E-state index >= 15 is 0 Å². The lowest BCUT2D eigenvalue weighted by Crippen LogP contribution is -2.45. The topological polar surface area (TPSA) is 84.1 Å². The number of carbonyl (C=O) groups is 2. The van der Waals surface area contributed by atoms with E-state index < -0.39 is 11.9 Å². The first-order valence-corrected chi connectivity index (χ1v) is 7.42. The summed E-state index contributed by atoms with van der Waals surface area (Å²) in [6.45, 7) is 0.724. The quantitative estimate of drug-likeness (QED) is 0.511. The third kappa shape index (κ3) is 8.05. The monoisotopic (exact) mass is 330 g/mol. The Labute approximate surface area is 141 Å². The second kappa shape index (κ2) is 8.79. The van der Waals surface area contributed by atoms with E-state index in [1.54, 1.807) is 33.4 Å². The SMILES string of the molecule is C[N+](C)(C)CC(=O)[O-].O=C([O-])c1ccc[n+](Cc2ccccc2)c1. The van der Waals surface area contributed by atoms with Crippen LogP contribution in [0.5, 0.6) is 0 Å². The normalized spacial score (nSPS) is 10.5. The second-order valence-electron chi connectivity index (χ2n) is 6.36. The summed E-state index contributed by atoms with van der Waals surface area (Å²) in [5, 5.41) is 20.6. The Morgan fingerprint density at radius 3 is 2.08 bits per heavy atom. The van der Waals surface area contributed by atoms with E-state index in [-0.39, 0.29) is 12.1 Å². The van der Waals surface area contributed by atoms with Gasteiger partial charge in [0.05, 0.1) is 38.6 Å². The van der Waals surface area contributed by atoms with E-state index in [9.17, 15) is 19.8 Å². The summed E-state index contributed by atoms with van der Waals surface area (Å²) in [5.41, 5.74) is 1.32. The fourth-order valence-electron chi connectivity index (χ4n) is 1.92. The molecule has 0 saturated heterocycles. The van der Waals surface area contributed by atoms with Gasteiger partial charge in [0.1, 0.15) is 6.54 Å². The van der Waals surface area contributed by atoms with Crippen LogP contribution in [0.3, 0.4) is 0 Å². The highest BCUT2D eigenvalue weighted by Crippen LogP contribution is 1.98. The van der Waals surface area contributed by atoms with Crippen LogP contribution in [-0.4, -0.2) is 44.1 Å². The minimum Gasteiger partial charge on any atom is -0.545 e. The number of carbonyl (C=O) groups excluding carboxylic acids is 2. The highest BCUT2D eigenvalue weighted by atomic mass is 16.4. The Balaban J connectivity index is 0.000000307. The number of rotatable bonds is 5. The van der Waals surface area contributed by atoms with Crippen LogP contribution in [0.2, 0.25) is 0 Å². The molecule has 0 atom stereocenters. The molecule has 2 rings (SSSR count). The molecule has 0 aliphatic rings. The largest absolute Gasteiger partial charge is 0.545 e. The van der Waals surface area contributed by atoms with Crippen LogP contribution >= 0.6 is 0 Å². The molecule has 0 bridgehead atoms. The summed E-state index contributed by atoms with van der Waals surface area (Å²) in [6.07, 6.45) is 3.40. The highest BCUT2D eigenvalue weighted by molar-refractivity contribution is 5.84. The molecule has 0 aliphatic heterocycles. The Bertz CT molecular complexity index is 679. The first-order chi connectivity index (χ1) is 11.2. The Morgan fingerprint density at radius 1 is 1.00 bits per heavy atom. The molecule has 0 fully saturated rings. The standard InChI is InChI=1S/C13H11NO2.C5H11NO2/c15-13(16)12-7-4-8-14(10-12)9-11-5-2-1-3-6-11;1-6(2,3)4-5(7)8/h1-8,10H,9H2;4H2,1-3H3. The van der Waals surface area contributed by atoms with E-state index in [0.29, 0.717) is 11.0 Å². The molecule has 1 heterocycles. The average Bonchev–Trinajstić information content (AvgIpc) is 2.46. The van der Waals surface area contributed by atoms with Crippen LogP contribution in [0, 0.1) is 0 Å². The van der Waals surface area contributed by atoms with E-state index in [4.69, 9.17) is 0 Å². The number of likely N-dealkylation sites (N-methyl/N-ethyl adjacent to an activating group) is 1. The van der Waals surface area contributed by atoms with Crippen LogP contribution in [0.15, 0.2) is 54.9 Å². The number of hydrogen-bond donors (Lipinski definition) is 0. The molecular formula is C18H22N2O4. The number of carboxylic acids is 2. The molecule has 0 unspecified atom stereocenters. The Hall–Kier alpha value is -2.73. The van der Waals surface area contributed by atoms with Gasteiger partial charge in [-0.25, -0.2) is 4.57 Å². The van der Waals surface area contributed by atoms with Crippen LogP contribution in [0.1, 0.15) is 15.9 Å². The van der Waals surface area contributed by atoms with Crippen molar-refractivity contribution in [3.8, 4) is 0 Å².